The van der Waals surface area contributed by atoms with Gasteiger partial charge in [-0.3, -0.25) is 4.72 Å². The van der Waals surface area contributed by atoms with Crippen molar-refractivity contribution in [2.45, 2.75) is 11.8 Å². The van der Waals surface area contributed by atoms with Crippen LogP contribution in [-0.4, -0.2) is 13.4 Å². The Kier molecular flexibility index (Phi) is 4.65. The van der Waals surface area contributed by atoms with Crippen LogP contribution in [-0.2, 0) is 10.0 Å². The first-order valence-electron chi connectivity index (χ1n) is 5.99. The third-order valence-electron chi connectivity index (χ3n) is 2.88. The molecule has 21 heavy (non-hydrogen) atoms. The summed E-state index contributed by atoms with van der Waals surface area (Å²) in [6.07, 6.45) is 0. The van der Waals surface area contributed by atoms with Gasteiger partial charge in [0.05, 0.1) is 10.6 Å². The van der Waals surface area contributed by atoms with Gasteiger partial charge in [-0.25, -0.2) is 8.42 Å². The van der Waals surface area contributed by atoms with Crippen LogP contribution >= 0.6 is 28.1 Å². The Morgan fingerprint density at radius 1 is 1.24 bits per heavy atom. The van der Waals surface area contributed by atoms with Gasteiger partial charge in [-0.2, -0.15) is 0 Å². The zero-order valence-corrected chi connectivity index (χ0v) is 14.3. The molecule has 0 unspecified atom stereocenters. The number of benzene rings is 2. The van der Waals surface area contributed by atoms with E-state index in [9.17, 15) is 8.42 Å². The molecule has 2 aromatic carbocycles. The van der Waals surface area contributed by atoms with Gasteiger partial charge in [-0.15, -0.1) is 0 Å². The number of nitrogens with one attached hydrogen (secondary N) is 1. The second kappa shape index (κ2) is 6.13. The molecule has 110 valence electrons. The number of hydrogen-bond acceptors (Lipinski definition) is 3. The molecule has 0 bridgehead atoms. The molecule has 3 N–H and O–H groups in total. The molecule has 0 atom stereocenters. The lowest BCUT2D eigenvalue weighted by molar-refractivity contribution is 0.600. The van der Waals surface area contributed by atoms with Crippen molar-refractivity contribution >= 4 is 48.8 Å². The summed E-state index contributed by atoms with van der Waals surface area (Å²) in [5.41, 5.74) is 7.17. The lowest BCUT2D eigenvalue weighted by atomic mass is 10.1. The summed E-state index contributed by atoms with van der Waals surface area (Å²) >= 11 is 8.20. The number of thiocarbonyl (C=S) groups is 1. The van der Waals surface area contributed by atoms with E-state index in [0.29, 0.717) is 21.3 Å². The Labute approximate surface area is 137 Å². The van der Waals surface area contributed by atoms with Crippen LogP contribution in [0.4, 0.5) is 5.69 Å². The fraction of sp³-hybridized carbons (Fsp3) is 0.0714. The van der Waals surface area contributed by atoms with Gasteiger partial charge >= 0.3 is 0 Å². The predicted octanol–water partition coefficient (Wildman–Crippen LogP) is 3.19. The van der Waals surface area contributed by atoms with Gasteiger partial charge in [0.25, 0.3) is 10.0 Å². The molecule has 0 aliphatic heterocycles. The zero-order valence-electron chi connectivity index (χ0n) is 11.1. The number of rotatable bonds is 4. The van der Waals surface area contributed by atoms with Crippen molar-refractivity contribution in [2.75, 3.05) is 4.72 Å². The molecule has 0 aromatic heterocycles. The highest BCUT2D eigenvalue weighted by Crippen LogP contribution is 2.26. The molecule has 0 fully saturated rings. The third kappa shape index (κ3) is 3.61. The lowest BCUT2D eigenvalue weighted by Crippen LogP contribution is -2.16. The number of anilines is 1. The van der Waals surface area contributed by atoms with Gasteiger partial charge in [-0.05, 0) is 46.6 Å². The molecule has 0 aliphatic carbocycles. The molecule has 0 aliphatic rings. The first-order valence-corrected chi connectivity index (χ1v) is 8.67. The number of nitrogens with two attached hydrogens (primary N) is 1. The number of aryl methyl sites for hydroxylation is 1. The Bertz CT molecular complexity index is 804. The van der Waals surface area contributed by atoms with Crippen molar-refractivity contribution in [1.29, 1.82) is 0 Å². The van der Waals surface area contributed by atoms with Crippen LogP contribution < -0.4 is 10.5 Å². The zero-order chi connectivity index (χ0) is 15.6. The van der Waals surface area contributed by atoms with Crippen LogP contribution in [0.3, 0.4) is 0 Å². The summed E-state index contributed by atoms with van der Waals surface area (Å²) in [5, 5.41) is 0. The fourth-order valence-corrected chi connectivity index (χ4v) is 3.78. The largest absolute Gasteiger partial charge is 0.389 e. The van der Waals surface area contributed by atoms with E-state index in [4.69, 9.17) is 18.0 Å². The Morgan fingerprint density at radius 2 is 1.90 bits per heavy atom. The lowest BCUT2D eigenvalue weighted by Gasteiger charge is -2.12. The Hall–Kier alpha value is -1.44. The smallest absolute Gasteiger partial charge is 0.262 e. The number of halogens is 1. The quantitative estimate of drug-likeness (QED) is 0.793. The maximum atomic E-state index is 12.5. The molecular weight excluding hydrogens is 372 g/mol. The van der Waals surface area contributed by atoms with Crippen molar-refractivity contribution in [2.24, 2.45) is 5.73 Å². The highest BCUT2D eigenvalue weighted by atomic mass is 79.9. The molecule has 0 saturated carbocycles. The van der Waals surface area contributed by atoms with Gasteiger partial charge < -0.3 is 5.73 Å². The highest BCUT2D eigenvalue weighted by Gasteiger charge is 2.19. The van der Waals surface area contributed by atoms with E-state index in [1.54, 1.807) is 43.3 Å². The monoisotopic (exact) mass is 384 g/mol. The van der Waals surface area contributed by atoms with Crippen molar-refractivity contribution in [3.8, 4) is 0 Å². The van der Waals surface area contributed by atoms with E-state index in [2.05, 4.69) is 20.7 Å². The maximum absolute atomic E-state index is 12.5. The number of hydrogen-bond donors (Lipinski definition) is 2. The second-order valence-corrected chi connectivity index (χ2v) is 7.37. The van der Waals surface area contributed by atoms with Crippen LogP contribution in [0.2, 0.25) is 0 Å². The molecule has 2 aromatic rings. The molecule has 0 radical (unpaired) electrons. The molecule has 0 spiro atoms. The highest BCUT2D eigenvalue weighted by molar-refractivity contribution is 9.10. The van der Waals surface area contributed by atoms with E-state index in [-0.39, 0.29) is 9.88 Å². The van der Waals surface area contributed by atoms with Crippen molar-refractivity contribution in [1.82, 2.24) is 0 Å². The first kappa shape index (κ1) is 15.9. The molecular formula is C14H13BrN2O2S2. The van der Waals surface area contributed by atoms with Gasteiger partial charge in [0.2, 0.25) is 0 Å². The minimum Gasteiger partial charge on any atom is -0.389 e. The van der Waals surface area contributed by atoms with Gasteiger partial charge in [0.15, 0.2) is 0 Å². The van der Waals surface area contributed by atoms with Crippen LogP contribution in [0, 0.1) is 6.92 Å². The normalized spacial score (nSPS) is 11.1. The first-order chi connectivity index (χ1) is 9.81. The van der Waals surface area contributed by atoms with E-state index in [0.717, 1.165) is 0 Å². The van der Waals surface area contributed by atoms with Crippen molar-refractivity contribution in [3.63, 3.8) is 0 Å². The molecule has 2 rings (SSSR count). The second-order valence-electron chi connectivity index (χ2n) is 4.43. The van der Waals surface area contributed by atoms with Gasteiger partial charge in [0, 0.05) is 10.0 Å². The van der Waals surface area contributed by atoms with E-state index in [1.807, 2.05) is 0 Å². The van der Waals surface area contributed by atoms with E-state index < -0.39 is 10.0 Å². The summed E-state index contributed by atoms with van der Waals surface area (Å²) in [6.45, 7) is 1.72. The molecule has 7 heteroatoms. The average Bonchev–Trinajstić information content (AvgIpc) is 2.41. The molecule has 0 heterocycles. The average molecular weight is 385 g/mol. The van der Waals surface area contributed by atoms with Gasteiger partial charge in [0.1, 0.15) is 4.99 Å². The summed E-state index contributed by atoms with van der Waals surface area (Å²) in [4.78, 5) is 0.316. The summed E-state index contributed by atoms with van der Waals surface area (Å²) < 4.78 is 28.3. The van der Waals surface area contributed by atoms with Gasteiger partial charge in [-0.1, -0.05) is 36.5 Å². The molecule has 0 saturated heterocycles. The minimum atomic E-state index is -3.72. The van der Waals surface area contributed by atoms with Crippen LogP contribution in [0.25, 0.3) is 0 Å². The molecule has 4 nitrogen and oxygen atoms in total. The fourth-order valence-electron chi connectivity index (χ4n) is 1.79. The molecule has 0 amide bonds. The summed E-state index contributed by atoms with van der Waals surface area (Å²) in [5.74, 6) is 0. The minimum absolute atomic E-state index is 0.156. The Morgan fingerprint density at radius 3 is 2.52 bits per heavy atom. The van der Waals surface area contributed by atoms with E-state index >= 15 is 0 Å². The maximum Gasteiger partial charge on any atom is 0.262 e. The Balaban J connectivity index is 2.47. The van der Waals surface area contributed by atoms with Crippen LogP contribution in [0.5, 0.6) is 0 Å². The SMILES string of the molecule is Cc1ccc(C(N)=S)cc1S(=O)(=O)Nc1ccccc1Br. The van der Waals surface area contributed by atoms with Crippen LogP contribution in [0.1, 0.15) is 11.1 Å². The van der Waals surface area contributed by atoms with Crippen LogP contribution in [0.15, 0.2) is 51.8 Å². The van der Waals surface area contributed by atoms with Crippen molar-refractivity contribution < 1.29 is 8.42 Å². The predicted molar refractivity (Wildman–Crippen MR) is 92.0 cm³/mol. The number of sulfonamides is 1. The topological polar surface area (TPSA) is 72.2 Å². The number of para-hydroxylation sites is 1. The van der Waals surface area contributed by atoms with Crippen molar-refractivity contribution in [3.05, 3.63) is 58.1 Å². The third-order valence-corrected chi connectivity index (χ3v) is 5.32. The summed E-state index contributed by atoms with van der Waals surface area (Å²) in [6, 6.07) is 11.9. The standard InChI is InChI=1S/C14H13BrN2O2S2/c1-9-6-7-10(14(16)20)8-13(9)21(18,19)17-12-5-3-2-4-11(12)15/h2-8,17H,1H3,(H2,16,20). The van der Waals surface area contributed by atoms with E-state index in [1.165, 1.54) is 6.07 Å². The summed E-state index contributed by atoms with van der Waals surface area (Å²) in [7, 11) is -3.72.